The monoisotopic (exact) mass is 273 g/mol. The summed E-state index contributed by atoms with van der Waals surface area (Å²) in [5.41, 5.74) is 1.81. The molecule has 102 valence electrons. The molecule has 0 aromatic heterocycles. The molecule has 0 aliphatic carbocycles. The lowest BCUT2D eigenvalue weighted by atomic mass is 9.99. The Bertz CT molecular complexity index is 514. The van der Waals surface area contributed by atoms with Crippen molar-refractivity contribution in [3.8, 4) is 0 Å². The van der Waals surface area contributed by atoms with Crippen LogP contribution in [-0.4, -0.2) is 33.0 Å². The minimum Gasteiger partial charge on any atom is -0.315 e. The van der Waals surface area contributed by atoms with E-state index in [1.807, 2.05) is 6.92 Å². The predicted molar refractivity (Wildman–Crippen MR) is 72.0 cm³/mol. The Labute approximate surface area is 108 Å². The van der Waals surface area contributed by atoms with Crippen LogP contribution in [0.1, 0.15) is 18.1 Å². The summed E-state index contributed by atoms with van der Waals surface area (Å²) in [6, 6.07) is 4.37. The van der Waals surface area contributed by atoms with Gasteiger partial charge in [-0.3, -0.25) is 0 Å². The average Bonchev–Trinajstić information content (AvgIpc) is 2.28. The van der Waals surface area contributed by atoms with E-state index in [0.29, 0.717) is 6.42 Å². The van der Waals surface area contributed by atoms with Crippen LogP contribution in [0.5, 0.6) is 0 Å². The van der Waals surface area contributed by atoms with Crippen LogP contribution >= 0.6 is 0 Å². The Balaban J connectivity index is 2.96. The van der Waals surface area contributed by atoms with Crippen molar-refractivity contribution in [1.82, 2.24) is 5.32 Å². The van der Waals surface area contributed by atoms with Crippen LogP contribution in [0.2, 0.25) is 0 Å². The molecule has 0 saturated carbocycles. The molecular formula is C13H20FNO2S. The zero-order valence-electron chi connectivity index (χ0n) is 11.2. The minimum absolute atomic E-state index is 0.222. The smallest absolute Gasteiger partial charge is 0.151 e. The standard InChI is InChI=1S/C13H20FNO2S/c1-9-5-6-12(14)7-11(9)8-13(15-3)10(2)18(4,16)17/h5-7,10,13,15H,8H2,1-4H3. The molecule has 0 aliphatic heterocycles. The van der Waals surface area contributed by atoms with Gasteiger partial charge in [0.05, 0.1) is 5.25 Å². The van der Waals surface area contributed by atoms with E-state index < -0.39 is 15.1 Å². The van der Waals surface area contributed by atoms with Gasteiger partial charge in [0.15, 0.2) is 9.84 Å². The highest BCUT2D eigenvalue weighted by atomic mass is 32.2. The second kappa shape index (κ2) is 5.80. The molecule has 1 N–H and O–H groups in total. The van der Waals surface area contributed by atoms with Gasteiger partial charge in [-0.05, 0) is 50.6 Å². The largest absolute Gasteiger partial charge is 0.315 e. The Kier molecular flexibility index (Phi) is 4.87. The molecule has 5 heteroatoms. The maximum absolute atomic E-state index is 13.2. The first-order chi connectivity index (χ1) is 8.25. The highest BCUT2D eigenvalue weighted by Crippen LogP contribution is 2.16. The van der Waals surface area contributed by atoms with Crippen LogP contribution in [-0.2, 0) is 16.3 Å². The Morgan fingerprint density at radius 1 is 1.39 bits per heavy atom. The predicted octanol–water partition coefficient (Wildman–Crippen LogP) is 1.70. The van der Waals surface area contributed by atoms with Crippen LogP contribution in [0.3, 0.4) is 0 Å². The van der Waals surface area contributed by atoms with Gasteiger partial charge in [-0.2, -0.15) is 0 Å². The Morgan fingerprint density at radius 2 is 2.00 bits per heavy atom. The number of hydrogen-bond acceptors (Lipinski definition) is 3. The molecular weight excluding hydrogens is 253 g/mol. The van der Waals surface area contributed by atoms with E-state index in [2.05, 4.69) is 5.32 Å². The lowest BCUT2D eigenvalue weighted by Gasteiger charge is -2.23. The van der Waals surface area contributed by atoms with Crippen LogP contribution in [0.15, 0.2) is 18.2 Å². The third-order valence-corrected chi connectivity index (χ3v) is 5.04. The van der Waals surface area contributed by atoms with Crippen molar-refractivity contribution in [3.05, 3.63) is 35.1 Å². The third kappa shape index (κ3) is 3.78. The minimum atomic E-state index is -3.11. The number of sulfone groups is 1. The molecule has 0 spiro atoms. The fourth-order valence-corrected chi connectivity index (χ4v) is 2.73. The number of nitrogens with one attached hydrogen (secondary N) is 1. The van der Waals surface area contributed by atoms with Gasteiger partial charge in [0, 0.05) is 12.3 Å². The number of aryl methyl sites for hydroxylation is 1. The summed E-state index contributed by atoms with van der Waals surface area (Å²) in [4.78, 5) is 0. The van der Waals surface area contributed by atoms with Gasteiger partial charge in [-0.25, -0.2) is 12.8 Å². The van der Waals surface area contributed by atoms with Crippen molar-refractivity contribution in [2.45, 2.75) is 31.6 Å². The zero-order chi connectivity index (χ0) is 13.9. The molecule has 3 nitrogen and oxygen atoms in total. The summed E-state index contributed by atoms with van der Waals surface area (Å²) >= 11 is 0. The van der Waals surface area contributed by atoms with Gasteiger partial charge >= 0.3 is 0 Å². The van der Waals surface area contributed by atoms with E-state index in [1.54, 1.807) is 20.0 Å². The average molecular weight is 273 g/mol. The van der Waals surface area contributed by atoms with Gasteiger partial charge < -0.3 is 5.32 Å². The molecule has 1 aromatic carbocycles. The molecule has 0 aliphatic rings. The first kappa shape index (κ1) is 15.1. The second-order valence-electron chi connectivity index (χ2n) is 4.70. The molecule has 1 aromatic rings. The van der Waals surface area contributed by atoms with Crippen molar-refractivity contribution in [1.29, 1.82) is 0 Å². The highest BCUT2D eigenvalue weighted by molar-refractivity contribution is 7.91. The van der Waals surface area contributed by atoms with Crippen molar-refractivity contribution < 1.29 is 12.8 Å². The first-order valence-electron chi connectivity index (χ1n) is 5.87. The molecule has 2 unspecified atom stereocenters. The van der Waals surface area contributed by atoms with Crippen molar-refractivity contribution >= 4 is 9.84 Å². The molecule has 0 fully saturated rings. The maximum atomic E-state index is 13.2. The second-order valence-corrected chi connectivity index (χ2v) is 7.11. The number of halogens is 1. The first-order valence-corrected chi connectivity index (χ1v) is 7.82. The maximum Gasteiger partial charge on any atom is 0.151 e. The quantitative estimate of drug-likeness (QED) is 0.888. The zero-order valence-corrected chi connectivity index (χ0v) is 12.0. The van der Waals surface area contributed by atoms with Crippen molar-refractivity contribution in [2.75, 3.05) is 13.3 Å². The number of rotatable bonds is 5. The van der Waals surface area contributed by atoms with Crippen LogP contribution < -0.4 is 5.32 Å². The van der Waals surface area contributed by atoms with E-state index in [0.717, 1.165) is 11.1 Å². The molecule has 1 rings (SSSR count). The van der Waals surface area contributed by atoms with Crippen molar-refractivity contribution in [3.63, 3.8) is 0 Å². The SMILES string of the molecule is CNC(Cc1cc(F)ccc1C)C(C)S(C)(=O)=O. The van der Waals surface area contributed by atoms with E-state index in [9.17, 15) is 12.8 Å². The van der Waals surface area contributed by atoms with E-state index in [-0.39, 0.29) is 11.9 Å². The van der Waals surface area contributed by atoms with Gasteiger partial charge in [0.25, 0.3) is 0 Å². The molecule has 0 heterocycles. The fraction of sp³-hybridized carbons (Fsp3) is 0.538. The lowest BCUT2D eigenvalue weighted by Crippen LogP contribution is -2.42. The molecule has 2 atom stereocenters. The van der Waals surface area contributed by atoms with E-state index in [1.165, 1.54) is 18.4 Å². The molecule has 0 amide bonds. The molecule has 18 heavy (non-hydrogen) atoms. The van der Waals surface area contributed by atoms with Gasteiger partial charge in [0.1, 0.15) is 5.82 Å². The lowest BCUT2D eigenvalue weighted by molar-refractivity contribution is 0.514. The van der Waals surface area contributed by atoms with Gasteiger partial charge in [-0.1, -0.05) is 6.07 Å². The van der Waals surface area contributed by atoms with Crippen LogP contribution in [0, 0.1) is 12.7 Å². The summed E-state index contributed by atoms with van der Waals surface area (Å²) in [6.45, 7) is 3.57. The summed E-state index contributed by atoms with van der Waals surface area (Å²) in [5, 5.41) is 2.49. The van der Waals surface area contributed by atoms with Crippen molar-refractivity contribution in [2.24, 2.45) is 0 Å². The summed E-state index contributed by atoms with van der Waals surface area (Å²) in [7, 11) is -1.39. The third-order valence-electron chi connectivity index (χ3n) is 3.36. The van der Waals surface area contributed by atoms with Crippen LogP contribution in [0.4, 0.5) is 4.39 Å². The van der Waals surface area contributed by atoms with E-state index >= 15 is 0 Å². The summed E-state index contributed by atoms with van der Waals surface area (Å²) < 4.78 is 36.3. The molecule has 0 saturated heterocycles. The van der Waals surface area contributed by atoms with E-state index in [4.69, 9.17) is 0 Å². The molecule has 0 radical (unpaired) electrons. The topological polar surface area (TPSA) is 46.2 Å². The van der Waals surface area contributed by atoms with Crippen LogP contribution in [0.25, 0.3) is 0 Å². The fourth-order valence-electron chi connectivity index (χ4n) is 1.90. The van der Waals surface area contributed by atoms with Gasteiger partial charge in [-0.15, -0.1) is 0 Å². The van der Waals surface area contributed by atoms with Gasteiger partial charge in [0.2, 0.25) is 0 Å². The Morgan fingerprint density at radius 3 is 2.50 bits per heavy atom. The Hall–Kier alpha value is -0.940. The normalized spacial score (nSPS) is 15.4. The number of hydrogen-bond donors (Lipinski definition) is 1. The number of benzene rings is 1. The molecule has 0 bridgehead atoms. The summed E-state index contributed by atoms with van der Waals surface area (Å²) in [6.07, 6.45) is 1.72. The highest BCUT2D eigenvalue weighted by Gasteiger charge is 2.25. The summed E-state index contributed by atoms with van der Waals surface area (Å²) in [5.74, 6) is -0.294. The number of likely N-dealkylation sites (N-methyl/N-ethyl adjacent to an activating group) is 1.